The smallest absolute Gasteiger partial charge is 0.348 e. The number of thiophene rings is 1. The molecule has 0 amide bonds. The molecule has 1 aromatic heterocycles. The van der Waals surface area contributed by atoms with Gasteiger partial charge in [-0.2, -0.15) is 5.26 Å². The van der Waals surface area contributed by atoms with Gasteiger partial charge in [0.1, 0.15) is 27.4 Å². The fourth-order valence-corrected chi connectivity index (χ4v) is 2.74. The molecule has 0 bridgehead atoms. The maximum absolute atomic E-state index is 11.1. The third kappa shape index (κ3) is 4.30. The first-order valence-electron chi connectivity index (χ1n) is 6.74. The number of nitrogens with zero attached hydrogens (tertiary/aromatic N) is 1. The molecule has 0 saturated carbocycles. The average Bonchev–Trinajstić information content (AvgIpc) is 2.88. The normalized spacial score (nSPS) is 9.29. The number of carbonyl (C=O) groups excluding carboxylic acids is 1. The summed E-state index contributed by atoms with van der Waals surface area (Å²) in [4.78, 5) is 11.5. The Labute approximate surface area is 144 Å². The first kappa shape index (κ1) is 19.1. The number of anilines is 2. The summed E-state index contributed by atoms with van der Waals surface area (Å²) < 4.78 is 14.5. The molecule has 0 radical (unpaired) electrons. The average molecular weight is 349 g/mol. The van der Waals surface area contributed by atoms with Crippen molar-refractivity contribution in [2.45, 2.75) is 6.92 Å². The number of nitrogen functional groups attached to an aromatic ring is 2. The van der Waals surface area contributed by atoms with E-state index in [1.54, 1.807) is 39.3 Å². The van der Waals surface area contributed by atoms with Crippen LogP contribution in [0.2, 0.25) is 0 Å². The molecule has 1 heterocycles. The molecule has 24 heavy (non-hydrogen) atoms. The summed E-state index contributed by atoms with van der Waals surface area (Å²) in [6.07, 6.45) is 0. The zero-order valence-corrected chi connectivity index (χ0v) is 14.7. The zero-order chi connectivity index (χ0) is 18.3. The van der Waals surface area contributed by atoms with Gasteiger partial charge in [-0.25, -0.2) is 4.79 Å². The van der Waals surface area contributed by atoms with Crippen LogP contribution in [0.3, 0.4) is 0 Å². The molecular weight excluding hydrogens is 330 g/mol. The van der Waals surface area contributed by atoms with Crippen molar-refractivity contribution in [3.8, 4) is 17.6 Å². The molecule has 0 aliphatic heterocycles. The molecule has 7 nitrogen and oxygen atoms in total. The van der Waals surface area contributed by atoms with Crippen LogP contribution in [0, 0.1) is 18.3 Å². The van der Waals surface area contributed by atoms with Crippen LogP contribution in [0.15, 0.2) is 18.2 Å². The molecule has 1 aromatic carbocycles. The quantitative estimate of drug-likeness (QED) is 0.645. The van der Waals surface area contributed by atoms with Crippen molar-refractivity contribution < 1.29 is 19.0 Å². The van der Waals surface area contributed by atoms with E-state index in [1.807, 2.05) is 6.07 Å². The van der Waals surface area contributed by atoms with Crippen LogP contribution in [-0.2, 0) is 4.74 Å². The highest BCUT2D eigenvalue weighted by Crippen LogP contribution is 2.30. The summed E-state index contributed by atoms with van der Waals surface area (Å²) in [6.45, 7) is 1.68. The first-order valence-corrected chi connectivity index (χ1v) is 7.55. The number of nitrogens with two attached hydrogens (primary N) is 2. The van der Waals surface area contributed by atoms with E-state index < -0.39 is 5.97 Å². The van der Waals surface area contributed by atoms with Gasteiger partial charge in [0.25, 0.3) is 0 Å². The van der Waals surface area contributed by atoms with Crippen LogP contribution < -0.4 is 20.9 Å². The SMILES string of the molecule is COC(=O)c1sc(N)c(C#N)c1C.COc1ccc(OC)c(N)c1. The molecule has 2 rings (SSSR count). The molecule has 2 aromatic rings. The highest BCUT2D eigenvalue weighted by Gasteiger charge is 2.18. The monoisotopic (exact) mass is 349 g/mol. The summed E-state index contributed by atoms with van der Waals surface area (Å²) in [7, 11) is 4.48. The largest absolute Gasteiger partial charge is 0.497 e. The van der Waals surface area contributed by atoms with Gasteiger partial charge in [-0.05, 0) is 24.6 Å². The lowest BCUT2D eigenvalue weighted by Crippen LogP contribution is -1.99. The Balaban J connectivity index is 0.000000243. The molecule has 0 atom stereocenters. The molecular formula is C16H19N3O4S. The molecule has 0 aliphatic carbocycles. The molecule has 0 aliphatic rings. The Kier molecular flexibility index (Phi) is 6.89. The predicted octanol–water partition coefficient (Wildman–Crippen LogP) is 2.58. The van der Waals surface area contributed by atoms with E-state index in [4.69, 9.17) is 26.2 Å². The van der Waals surface area contributed by atoms with Crippen LogP contribution in [0.5, 0.6) is 11.5 Å². The van der Waals surface area contributed by atoms with Gasteiger partial charge in [0.05, 0.1) is 32.6 Å². The molecule has 8 heteroatoms. The second-order valence-corrected chi connectivity index (χ2v) is 5.56. The molecule has 0 spiro atoms. The van der Waals surface area contributed by atoms with E-state index >= 15 is 0 Å². The standard InChI is InChI=1S/C8H8N2O2S.C8H11NO2/c1-4-5(3-9)7(10)13-6(4)8(11)12-2;1-10-6-3-4-8(11-2)7(9)5-6/h10H2,1-2H3;3-5H,9H2,1-2H3. The van der Waals surface area contributed by atoms with Crippen LogP contribution >= 0.6 is 11.3 Å². The third-order valence-electron chi connectivity index (χ3n) is 3.09. The molecule has 4 N–H and O–H groups in total. The summed E-state index contributed by atoms with van der Waals surface area (Å²) >= 11 is 1.08. The lowest BCUT2D eigenvalue weighted by atomic mass is 10.2. The minimum absolute atomic E-state index is 0.361. The van der Waals surface area contributed by atoms with Crippen molar-refractivity contribution in [3.05, 3.63) is 34.2 Å². The van der Waals surface area contributed by atoms with E-state index in [9.17, 15) is 4.79 Å². The zero-order valence-electron chi connectivity index (χ0n) is 13.9. The number of benzene rings is 1. The molecule has 128 valence electrons. The van der Waals surface area contributed by atoms with Gasteiger partial charge >= 0.3 is 5.97 Å². The lowest BCUT2D eigenvalue weighted by molar-refractivity contribution is 0.0605. The molecule has 0 fully saturated rings. The van der Waals surface area contributed by atoms with Crippen LogP contribution in [0.25, 0.3) is 0 Å². The lowest BCUT2D eigenvalue weighted by Gasteiger charge is -2.05. The Hall–Kier alpha value is -2.92. The van der Waals surface area contributed by atoms with Crippen LogP contribution in [0.1, 0.15) is 20.8 Å². The highest BCUT2D eigenvalue weighted by atomic mass is 32.1. The maximum Gasteiger partial charge on any atom is 0.348 e. The number of carbonyl (C=O) groups is 1. The van der Waals surface area contributed by atoms with Crippen molar-refractivity contribution in [2.24, 2.45) is 0 Å². The molecule has 0 saturated heterocycles. The summed E-state index contributed by atoms with van der Waals surface area (Å²) in [6, 6.07) is 7.23. The van der Waals surface area contributed by atoms with Gasteiger partial charge < -0.3 is 25.7 Å². The van der Waals surface area contributed by atoms with Crippen molar-refractivity contribution in [1.29, 1.82) is 5.26 Å². The highest BCUT2D eigenvalue weighted by molar-refractivity contribution is 7.18. The second-order valence-electron chi connectivity index (χ2n) is 4.51. The van der Waals surface area contributed by atoms with Gasteiger partial charge in [-0.1, -0.05) is 0 Å². The number of methoxy groups -OCH3 is 3. The maximum atomic E-state index is 11.1. The predicted molar refractivity (Wildman–Crippen MR) is 93.5 cm³/mol. The van der Waals surface area contributed by atoms with E-state index in [0.29, 0.717) is 32.4 Å². The fourth-order valence-electron chi connectivity index (χ4n) is 1.80. The minimum atomic E-state index is -0.448. The van der Waals surface area contributed by atoms with Crippen molar-refractivity contribution in [2.75, 3.05) is 32.8 Å². The Bertz CT molecular complexity index is 765. The fraction of sp³-hybridized carbons (Fsp3) is 0.250. The Morgan fingerprint density at radius 1 is 1.21 bits per heavy atom. The van der Waals surface area contributed by atoms with Gasteiger partial charge in [0, 0.05) is 6.07 Å². The Morgan fingerprint density at radius 2 is 1.88 bits per heavy atom. The van der Waals surface area contributed by atoms with Crippen LogP contribution in [0.4, 0.5) is 10.7 Å². The van der Waals surface area contributed by atoms with E-state index in [2.05, 4.69) is 4.74 Å². The topological polar surface area (TPSA) is 121 Å². The first-order chi connectivity index (χ1) is 11.4. The number of esters is 1. The van der Waals surface area contributed by atoms with Crippen molar-refractivity contribution in [3.63, 3.8) is 0 Å². The van der Waals surface area contributed by atoms with Crippen molar-refractivity contribution in [1.82, 2.24) is 0 Å². The number of hydrogen-bond donors (Lipinski definition) is 2. The van der Waals surface area contributed by atoms with E-state index in [1.165, 1.54) is 7.11 Å². The number of ether oxygens (including phenoxy) is 3. The van der Waals surface area contributed by atoms with Crippen molar-refractivity contribution >= 4 is 28.0 Å². The number of nitriles is 1. The van der Waals surface area contributed by atoms with Crippen LogP contribution in [-0.4, -0.2) is 27.3 Å². The third-order valence-corrected chi connectivity index (χ3v) is 4.19. The Morgan fingerprint density at radius 3 is 2.29 bits per heavy atom. The van der Waals surface area contributed by atoms with Gasteiger partial charge in [-0.15, -0.1) is 11.3 Å². The second kappa shape index (κ2) is 8.64. The molecule has 0 unspecified atom stereocenters. The summed E-state index contributed by atoms with van der Waals surface area (Å²) in [5.74, 6) is 0.963. The number of rotatable bonds is 3. The summed E-state index contributed by atoms with van der Waals surface area (Å²) in [5.41, 5.74) is 12.7. The van der Waals surface area contributed by atoms with Gasteiger partial charge in [-0.3, -0.25) is 0 Å². The van der Waals surface area contributed by atoms with Gasteiger partial charge in [0.2, 0.25) is 0 Å². The summed E-state index contributed by atoms with van der Waals surface area (Å²) in [5, 5.41) is 9.05. The minimum Gasteiger partial charge on any atom is -0.497 e. The number of hydrogen-bond acceptors (Lipinski definition) is 8. The van der Waals surface area contributed by atoms with E-state index in [-0.39, 0.29) is 0 Å². The van der Waals surface area contributed by atoms with Gasteiger partial charge in [0.15, 0.2) is 0 Å². The van der Waals surface area contributed by atoms with E-state index in [0.717, 1.165) is 17.1 Å².